The maximum absolute atomic E-state index is 12.1. The average molecular weight is 326 g/mol. The first-order chi connectivity index (χ1) is 11.7. The van der Waals surface area contributed by atoms with Crippen molar-refractivity contribution in [3.8, 4) is 11.5 Å². The Morgan fingerprint density at radius 3 is 2.12 bits per heavy atom. The highest BCUT2D eigenvalue weighted by Crippen LogP contribution is 2.17. The van der Waals surface area contributed by atoms with E-state index < -0.39 is 0 Å². The van der Waals surface area contributed by atoms with E-state index in [0.717, 1.165) is 24.3 Å². The summed E-state index contributed by atoms with van der Waals surface area (Å²) in [6, 6.07) is 14.5. The van der Waals surface area contributed by atoms with Crippen LogP contribution in [-0.4, -0.2) is 12.6 Å². The Morgan fingerprint density at radius 2 is 1.46 bits per heavy atom. The summed E-state index contributed by atoms with van der Waals surface area (Å²) in [4.78, 5) is 12.1. The highest BCUT2D eigenvalue weighted by atomic mass is 16.5. The van der Waals surface area contributed by atoms with Crippen molar-refractivity contribution in [2.24, 2.45) is 0 Å². The molecule has 0 radical (unpaired) electrons. The molecule has 0 unspecified atom stereocenters. The van der Waals surface area contributed by atoms with Crippen LogP contribution in [0.25, 0.3) is 0 Å². The molecular weight excluding hydrogens is 300 g/mol. The summed E-state index contributed by atoms with van der Waals surface area (Å²) in [6.07, 6.45) is 6.08. The molecule has 2 aromatic rings. The molecule has 0 heterocycles. The number of rotatable bonds is 9. The predicted octanol–water partition coefficient (Wildman–Crippen LogP) is 5.56. The molecule has 0 bridgehead atoms. The minimum atomic E-state index is -0.357. The van der Waals surface area contributed by atoms with Gasteiger partial charge < -0.3 is 9.47 Å². The van der Waals surface area contributed by atoms with Crippen molar-refractivity contribution in [2.45, 2.75) is 46.0 Å². The summed E-state index contributed by atoms with van der Waals surface area (Å²) in [6.45, 7) is 4.92. The van der Waals surface area contributed by atoms with Crippen molar-refractivity contribution in [2.75, 3.05) is 6.61 Å². The third kappa shape index (κ3) is 6.07. The second kappa shape index (κ2) is 9.76. The van der Waals surface area contributed by atoms with E-state index in [9.17, 15) is 4.79 Å². The van der Waals surface area contributed by atoms with E-state index in [2.05, 4.69) is 6.92 Å². The summed E-state index contributed by atoms with van der Waals surface area (Å²) < 4.78 is 11.1. The van der Waals surface area contributed by atoms with Crippen molar-refractivity contribution in [3.63, 3.8) is 0 Å². The van der Waals surface area contributed by atoms with Gasteiger partial charge in [0.05, 0.1) is 12.2 Å². The van der Waals surface area contributed by atoms with Crippen LogP contribution < -0.4 is 9.47 Å². The molecule has 0 aliphatic carbocycles. The zero-order valence-corrected chi connectivity index (χ0v) is 14.6. The van der Waals surface area contributed by atoms with Crippen molar-refractivity contribution >= 4 is 5.97 Å². The van der Waals surface area contributed by atoms with Crippen molar-refractivity contribution in [1.82, 2.24) is 0 Å². The van der Waals surface area contributed by atoms with Crippen LogP contribution in [0.5, 0.6) is 11.5 Å². The first-order valence-corrected chi connectivity index (χ1v) is 8.71. The number of ether oxygens (including phenoxy) is 2. The fourth-order valence-electron chi connectivity index (χ4n) is 2.36. The van der Waals surface area contributed by atoms with Crippen molar-refractivity contribution in [1.29, 1.82) is 0 Å². The molecule has 0 saturated carbocycles. The van der Waals surface area contributed by atoms with Gasteiger partial charge in [0.2, 0.25) is 0 Å². The number of hydrogen-bond donors (Lipinski definition) is 0. The Balaban J connectivity index is 1.78. The lowest BCUT2D eigenvalue weighted by molar-refractivity contribution is 0.0734. The monoisotopic (exact) mass is 326 g/mol. The van der Waals surface area contributed by atoms with Crippen LogP contribution >= 0.6 is 0 Å². The maximum atomic E-state index is 12.1. The number of carbonyl (C=O) groups is 1. The van der Waals surface area contributed by atoms with E-state index in [1.807, 2.05) is 31.2 Å². The van der Waals surface area contributed by atoms with Crippen LogP contribution in [-0.2, 0) is 0 Å². The molecule has 2 aromatic carbocycles. The van der Waals surface area contributed by atoms with Gasteiger partial charge in [0.25, 0.3) is 0 Å². The van der Waals surface area contributed by atoms with Gasteiger partial charge in [-0.1, -0.05) is 50.3 Å². The Morgan fingerprint density at radius 1 is 0.833 bits per heavy atom. The predicted molar refractivity (Wildman–Crippen MR) is 96.8 cm³/mol. The lowest BCUT2D eigenvalue weighted by Gasteiger charge is -2.08. The molecule has 0 aliphatic heterocycles. The van der Waals surface area contributed by atoms with Gasteiger partial charge in [-0.15, -0.1) is 0 Å². The molecule has 24 heavy (non-hydrogen) atoms. The van der Waals surface area contributed by atoms with Crippen LogP contribution in [0.3, 0.4) is 0 Å². The highest BCUT2D eigenvalue weighted by Gasteiger charge is 2.08. The standard InChI is InChI=1S/C21H26O3/c1-3-4-5-6-7-16-23-19-14-10-18(11-15-19)21(22)24-20-12-8-17(2)9-13-20/h8-15H,3-7,16H2,1-2H3. The van der Waals surface area contributed by atoms with E-state index in [1.54, 1.807) is 24.3 Å². The second-order valence-corrected chi connectivity index (χ2v) is 5.99. The Bertz CT molecular complexity index is 615. The molecule has 3 nitrogen and oxygen atoms in total. The topological polar surface area (TPSA) is 35.5 Å². The normalized spacial score (nSPS) is 10.4. The van der Waals surface area contributed by atoms with E-state index in [-0.39, 0.29) is 5.97 Å². The maximum Gasteiger partial charge on any atom is 0.343 e. The van der Waals surface area contributed by atoms with E-state index in [4.69, 9.17) is 9.47 Å². The zero-order valence-electron chi connectivity index (χ0n) is 14.6. The van der Waals surface area contributed by atoms with Gasteiger partial charge >= 0.3 is 5.97 Å². The SMILES string of the molecule is CCCCCCCOc1ccc(C(=O)Oc2ccc(C)cc2)cc1. The van der Waals surface area contributed by atoms with Crippen molar-refractivity contribution < 1.29 is 14.3 Å². The first-order valence-electron chi connectivity index (χ1n) is 8.71. The fourth-order valence-corrected chi connectivity index (χ4v) is 2.36. The van der Waals surface area contributed by atoms with Crippen LogP contribution in [0.2, 0.25) is 0 Å². The van der Waals surface area contributed by atoms with Gasteiger partial charge in [0.1, 0.15) is 11.5 Å². The molecule has 0 aliphatic rings. The quantitative estimate of drug-likeness (QED) is 0.343. The molecule has 0 amide bonds. The molecular formula is C21H26O3. The van der Waals surface area contributed by atoms with Crippen LogP contribution in [0.4, 0.5) is 0 Å². The van der Waals surface area contributed by atoms with Crippen LogP contribution in [0, 0.1) is 6.92 Å². The molecule has 0 atom stereocenters. The smallest absolute Gasteiger partial charge is 0.343 e. The highest BCUT2D eigenvalue weighted by molar-refractivity contribution is 5.91. The molecule has 0 fully saturated rings. The molecule has 3 heteroatoms. The third-order valence-corrected chi connectivity index (χ3v) is 3.84. The summed E-state index contributed by atoms with van der Waals surface area (Å²) in [5, 5.41) is 0. The van der Waals surface area contributed by atoms with Crippen LogP contribution in [0.15, 0.2) is 48.5 Å². The molecule has 0 spiro atoms. The molecule has 0 saturated heterocycles. The average Bonchev–Trinajstić information content (AvgIpc) is 2.60. The van der Waals surface area contributed by atoms with Crippen molar-refractivity contribution in [3.05, 3.63) is 59.7 Å². The summed E-state index contributed by atoms with van der Waals surface area (Å²) in [7, 11) is 0. The van der Waals surface area contributed by atoms with E-state index in [0.29, 0.717) is 11.3 Å². The van der Waals surface area contributed by atoms with Gasteiger partial charge in [0, 0.05) is 0 Å². The Hall–Kier alpha value is -2.29. The minimum Gasteiger partial charge on any atom is -0.494 e. The molecule has 128 valence electrons. The third-order valence-electron chi connectivity index (χ3n) is 3.84. The largest absolute Gasteiger partial charge is 0.494 e. The molecule has 2 rings (SSSR count). The fraction of sp³-hybridized carbons (Fsp3) is 0.381. The first kappa shape index (κ1) is 18.1. The van der Waals surface area contributed by atoms with E-state index >= 15 is 0 Å². The number of benzene rings is 2. The number of aryl methyl sites for hydroxylation is 1. The second-order valence-electron chi connectivity index (χ2n) is 5.99. The minimum absolute atomic E-state index is 0.357. The lowest BCUT2D eigenvalue weighted by atomic mass is 10.2. The zero-order chi connectivity index (χ0) is 17.2. The summed E-state index contributed by atoms with van der Waals surface area (Å²) >= 11 is 0. The molecule has 0 aromatic heterocycles. The summed E-state index contributed by atoms with van der Waals surface area (Å²) in [5.74, 6) is 0.986. The molecule has 0 N–H and O–H groups in total. The Kier molecular flexibility index (Phi) is 7.34. The summed E-state index contributed by atoms with van der Waals surface area (Å²) in [5.41, 5.74) is 1.65. The Labute approximate surface area is 144 Å². The number of hydrogen-bond acceptors (Lipinski definition) is 3. The lowest BCUT2D eigenvalue weighted by Crippen LogP contribution is -2.08. The van der Waals surface area contributed by atoms with Gasteiger partial charge in [-0.05, 0) is 49.7 Å². The van der Waals surface area contributed by atoms with E-state index in [1.165, 1.54) is 25.7 Å². The number of esters is 1. The van der Waals surface area contributed by atoms with Gasteiger partial charge in [-0.2, -0.15) is 0 Å². The van der Waals surface area contributed by atoms with Gasteiger partial charge in [-0.25, -0.2) is 4.79 Å². The van der Waals surface area contributed by atoms with Crippen LogP contribution in [0.1, 0.15) is 54.9 Å². The number of unbranched alkanes of at least 4 members (excludes halogenated alkanes) is 4. The van der Waals surface area contributed by atoms with Gasteiger partial charge in [-0.3, -0.25) is 0 Å². The number of carbonyl (C=O) groups excluding carboxylic acids is 1. The van der Waals surface area contributed by atoms with Gasteiger partial charge in [0.15, 0.2) is 0 Å².